The summed E-state index contributed by atoms with van der Waals surface area (Å²) < 4.78 is 9.74. The molecular formula is C48H96O18. The minimum absolute atomic E-state index is 0.157. The topological polar surface area (TPSA) is 336 Å². The van der Waals surface area contributed by atoms with E-state index in [0.29, 0.717) is 38.5 Å². The maximum atomic E-state index is 11.7. The van der Waals surface area contributed by atoms with E-state index in [1.165, 1.54) is 51.4 Å². The van der Waals surface area contributed by atoms with E-state index < -0.39 is 112 Å². The van der Waals surface area contributed by atoms with Gasteiger partial charge in [-0.2, -0.15) is 0 Å². The molecule has 18 heteroatoms. The first kappa shape index (κ1) is 66.5. The predicted octanol–water partition coefficient (Wildman–Crippen LogP) is 2.34. The first-order valence-electron chi connectivity index (χ1n) is 25.2. The lowest BCUT2D eigenvalue weighted by Crippen LogP contribution is -2.47. The third kappa shape index (κ3) is 36.4. The van der Waals surface area contributed by atoms with Crippen molar-refractivity contribution in [3.05, 3.63) is 0 Å². The summed E-state index contributed by atoms with van der Waals surface area (Å²) in [5, 5.41) is 134. The highest BCUT2D eigenvalue weighted by atomic mass is 16.5. The highest BCUT2D eigenvalue weighted by molar-refractivity contribution is 5.69. The third-order valence-electron chi connectivity index (χ3n) is 11.8. The smallest absolute Gasteiger partial charge is 0.305 e. The normalized spacial score (nSPS) is 17.2. The summed E-state index contributed by atoms with van der Waals surface area (Å²) >= 11 is 0. The molecule has 18 nitrogen and oxygen atoms in total. The zero-order valence-electron chi connectivity index (χ0n) is 40.4. The molecule has 0 rings (SSSR count). The first-order valence-corrected chi connectivity index (χ1v) is 25.2. The lowest BCUT2D eigenvalue weighted by Gasteiger charge is -2.25. The van der Waals surface area contributed by atoms with Gasteiger partial charge in [-0.3, -0.25) is 9.59 Å². The van der Waals surface area contributed by atoms with Crippen LogP contribution in [-0.4, -0.2) is 183 Å². The van der Waals surface area contributed by atoms with E-state index in [4.69, 9.17) is 19.7 Å². The van der Waals surface area contributed by atoms with E-state index in [1.807, 2.05) is 0 Å². The fourth-order valence-electron chi connectivity index (χ4n) is 7.17. The number of carbonyl (C=O) groups excluding carboxylic acids is 2. The number of aliphatic hydroxyl groups is 14. The van der Waals surface area contributed by atoms with Crippen LogP contribution in [0.15, 0.2) is 0 Å². The highest BCUT2D eigenvalue weighted by Gasteiger charge is 2.32. The molecule has 0 aliphatic heterocycles. The Balaban J connectivity index is 0. The Morgan fingerprint density at radius 2 is 0.545 bits per heavy atom. The molecule has 0 aliphatic rings. The summed E-state index contributed by atoms with van der Waals surface area (Å²) in [6.07, 6.45) is 8.54. The molecule has 0 bridgehead atoms. The van der Waals surface area contributed by atoms with Crippen LogP contribution in [-0.2, 0) is 19.1 Å². The maximum Gasteiger partial charge on any atom is 0.305 e. The molecule has 0 saturated carbocycles. The fourth-order valence-corrected chi connectivity index (χ4v) is 7.17. The highest BCUT2D eigenvalue weighted by Crippen LogP contribution is 2.18. The number of ether oxygens (including phenoxy) is 2. The molecule has 0 radical (unpaired) electrons. The van der Waals surface area contributed by atoms with Crippen LogP contribution in [0.2, 0.25) is 0 Å². The van der Waals surface area contributed by atoms with E-state index in [9.17, 15) is 70.9 Å². The molecule has 0 saturated heterocycles. The van der Waals surface area contributed by atoms with Crippen LogP contribution in [0.4, 0.5) is 0 Å². The van der Waals surface area contributed by atoms with Crippen LogP contribution in [0.1, 0.15) is 194 Å². The zero-order valence-corrected chi connectivity index (χ0v) is 40.4. The lowest BCUT2D eigenvalue weighted by molar-refractivity contribution is -0.156. The second-order valence-electron chi connectivity index (χ2n) is 18.0. The quantitative estimate of drug-likeness (QED) is 0.0308. The average molecular weight is 961 g/mol. The molecule has 12 atom stereocenters. The van der Waals surface area contributed by atoms with Crippen molar-refractivity contribution in [2.75, 3.05) is 26.4 Å². The first-order chi connectivity index (χ1) is 31.5. The van der Waals surface area contributed by atoms with Gasteiger partial charge in [0.1, 0.15) is 62.0 Å². The van der Waals surface area contributed by atoms with Gasteiger partial charge in [0.05, 0.1) is 37.6 Å². The van der Waals surface area contributed by atoms with Crippen LogP contribution >= 0.6 is 0 Å². The summed E-state index contributed by atoms with van der Waals surface area (Å²) in [6.45, 7) is 1.77. The van der Waals surface area contributed by atoms with Crippen molar-refractivity contribution in [3.63, 3.8) is 0 Å². The van der Waals surface area contributed by atoms with Gasteiger partial charge in [0, 0.05) is 12.8 Å². The van der Waals surface area contributed by atoms with Crippen molar-refractivity contribution < 1.29 is 90.6 Å². The van der Waals surface area contributed by atoms with Gasteiger partial charge in [-0.1, -0.05) is 142 Å². The maximum absolute atomic E-state index is 11.7. The molecule has 0 fully saturated rings. The summed E-state index contributed by atoms with van der Waals surface area (Å²) in [6, 6.07) is 0. The van der Waals surface area contributed by atoms with Gasteiger partial charge in [0.15, 0.2) is 0 Å². The lowest BCUT2D eigenvalue weighted by atomic mass is 9.99. The molecule has 396 valence electrons. The van der Waals surface area contributed by atoms with Gasteiger partial charge in [-0.25, -0.2) is 0 Å². The molecule has 0 aromatic rings. The molecule has 0 aliphatic carbocycles. The van der Waals surface area contributed by atoms with Crippen LogP contribution in [0, 0.1) is 0 Å². The Labute approximate surface area is 395 Å². The van der Waals surface area contributed by atoms with E-state index in [1.54, 1.807) is 0 Å². The SMILES string of the molecule is CCCCCCCCC(O)C(O)CCCCCCCC(=O)OC[C@@H](O)[C@@H](O)[C@H](O)[C@@H](O)CO.CCCCCCCCC(O)C(O)CCCCCCCC(=O)OC[C@H](O)[C@@H](O)[C@H](O)[C@H](O)CO. The van der Waals surface area contributed by atoms with E-state index >= 15 is 0 Å². The van der Waals surface area contributed by atoms with Crippen molar-refractivity contribution in [2.45, 2.75) is 267 Å². The minimum Gasteiger partial charge on any atom is -0.463 e. The fraction of sp³-hybridized carbons (Fsp3) is 0.958. The molecule has 4 unspecified atom stereocenters. The van der Waals surface area contributed by atoms with Gasteiger partial charge in [0.25, 0.3) is 0 Å². The Morgan fingerprint density at radius 3 is 0.803 bits per heavy atom. The van der Waals surface area contributed by atoms with Crippen LogP contribution < -0.4 is 0 Å². The van der Waals surface area contributed by atoms with Crippen molar-refractivity contribution in [1.29, 1.82) is 0 Å². The summed E-state index contributed by atoms with van der Waals surface area (Å²) in [5.74, 6) is -1.07. The molecule has 0 heterocycles. The van der Waals surface area contributed by atoms with Crippen LogP contribution in [0.3, 0.4) is 0 Å². The van der Waals surface area contributed by atoms with Gasteiger partial charge < -0.3 is 81.0 Å². The van der Waals surface area contributed by atoms with E-state index in [2.05, 4.69) is 13.8 Å². The predicted molar refractivity (Wildman–Crippen MR) is 249 cm³/mol. The number of unbranched alkanes of at least 4 members (excludes halogenated alkanes) is 18. The standard InChI is InChI=1S/2C24H48O9/c2*1-2-3-4-5-7-10-13-18(26)19(27)14-11-8-6-9-12-15-22(30)33-17-21(29)24(32)23(31)20(28)16-25/h2*18-21,23-29,31-32H,2-17H2,1H3/t18?,19?,20-,21+,23+,24+;18?,19?,20-,21+,23-,24-/m01/s1. The number of hydrogen-bond acceptors (Lipinski definition) is 18. The number of aliphatic hydroxyl groups excluding tert-OH is 14. The van der Waals surface area contributed by atoms with Gasteiger partial charge >= 0.3 is 11.9 Å². The molecule has 0 amide bonds. The zero-order chi connectivity index (χ0) is 50.1. The van der Waals surface area contributed by atoms with Crippen molar-refractivity contribution in [2.24, 2.45) is 0 Å². The second kappa shape index (κ2) is 44.6. The van der Waals surface area contributed by atoms with Crippen molar-refractivity contribution in [1.82, 2.24) is 0 Å². The van der Waals surface area contributed by atoms with Crippen molar-refractivity contribution >= 4 is 11.9 Å². The average Bonchev–Trinajstić information content (AvgIpc) is 3.32. The molecular weight excluding hydrogens is 865 g/mol. The van der Waals surface area contributed by atoms with Gasteiger partial charge in [0.2, 0.25) is 0 Å². The van der Waals surface area contributed by atoms with Gasteiger partial charge in [-0.05, 0) is 38.5 Å². The Morgan fingerprint density at radius 1 is 0.318 bits per heavy atom. The Kier molecular flexibility index (Phi) is 44.9. The molecule has 0 aromatic heterocycles. The van der Waals surface area contributed by atoms with Crippen molar-refractivity contribution in [3.8, 4) is 0 Å². The Hall–Kier alpha value is -1.62. The summed E-state index contributed by atoms with van der Waals surface area (Å²) in [5.41, 5.74) is 0. The monoisotopic (exact) mass is 961 g/mol. The largest absolute Gasteiger partial charge is 0.463 e. The van der Waals surface area contributed by atoms with Crippen LogP contribution in [0.25, 0.3) is 0 Å². The third-order valence-corrected chi connectivity index (χ3v) is 11.8. The van der Waals surface area contributed by atoms with Gasteiger partial charge in [-0.15, -0.1) is 0 Å². The second-order valence-corrected chi connectivity index (χ2v) is 18.0. The van der Waals surface area contributed by atoms with E-state index in [-0.39, 0.29) is 12.8 Å². The number of hydrogen-bond donors (Lipinski definition) is 14. The molecule has 14 N–H and O–H groups in total. The molecule has 0 aromatic carbocycles. The minimum atomic E-state index is -1.75. The number of rotatable bonds is 44. The number of carbonyl (C=O) groups is 2. The summed E-state index contributed by atoms with van der Waals surface area (Å²) in [4.78, 5) is 23.4. The number of esters is 2. The van der Waals surface area contributed by atoms with E-state index in [0.717, 1.165) is 77.0 Å². The molecule has 0 spiro atoms. The van der Waals surface area contributed by atoms with Crippen LogP contribution in [0.5, 0.6) is 0 Å². The summed E-state index contributed by atoms with van der Waals surface area (Å²) in [7, 11) is 0. The molecule has 66 heavy (non-hydrogen) atoms. The Bertz CT molecular complexity index is 1010.